The highest BCUT2D eigenvalue weighted by molar-refractivity contribution is 7.14. The zero-order chi connectivity index (χ0) is 15.4. The van der Waals surface area contributed by atoms with Crippen LogP contribution in [-0.2, 0) is 9.53 Å². The van der Waals surface area contributed by atoms with Gasteiger partial charge in [0.05, 0.1) is 13.1 Å². The minimum Gasteiger partial charge on any atom is -0.442 e. The Labute approximate surface area is 134 Å². The molecule has 0 bridgehead atoms. The quantitative estimate of drug-likeness (QED) is 0.865. The Morgan fingerprint density at radius 2 is 2.23 bits per heavy atom. The molecule has 120 valence electrons. The molecule has 0 saturated carbocycles. The zero-order valence-electron chi connectivity index (χ0n) is 12.5. The largest absolute Gasteiger partial charge is 0.442 e. The molecule has 6 nitrogen and oxygen atoms in total. The molecule has 2 aliphatic rings. The first kappa shape index (κ1) is 15.3. The van der Waals surface area contributed by atoms with Gasteiger partial charge in [0, 0.05) is 13.0 Å². The van der Waals surface area contributed by atoms with Crippen molar-refractivity contribution in [3.8, 4) is 0 Å². The first-order chi connectivity index (χ1) is 10.7. The van der Waals surface area contributed by atoms with Gasteiger partial charge in [-0.1, -0.05) is 0 Å². The lowest BCUT2D eigenvalue weighted by Crippen LogP contribution is -2.36. The number of nitrogens with zero attached hydrogens (tertiary/aromatic N) is 2. The number of hydrogen-bond donors (Lipinski definition) is 1. The molecule has 1 aromatic rings. The fourth-order valence-corrected chi connectivity index (χ4v) is 3.54. The van der Waals surface area contributed by atoms with E-state index in [2.05, 4.69) is 10.2 Å². The summed E-state index contributed by atoms with van der Waals surface area (Å²) in [6.45, 7) is 3.89. The molecular weight excluding hydrogens is 302 g/mol. The van der Waals surface area contributed by atoms with E-state index < -0.39 is 0 Å². The number of nitrogens with one attached hydrogen (secondary N) is 1. The molecule has 0 aliphatic carbocycles. The van der Waals surface area contributed by atoms with E-state index in [9.17, 15) is 9.59 Å². The number of hydrogen-bond acceptors (Lipinski definition) is 5. The first-order valence-corrected chi connectivity index (χ1v) is 8.61. The van der Waals surface area contributed by atoms with E-state index in [1.165, 1.54) is 24.2 Å². The minimum atomic E-state index is -0.334. The van der Waals surface area contributed by atoms with Gasteiger partial charge in [-0.25, -0.2) is 4.79 Å². The summed E-state index contributed by atoms with van der Waals surface area (Å²) in [6, 6.07) is 3.80. The summed E-state index contributed by atoms with van der Waals surface area (Å²) in [6.07, 6.45) is 2.37. The van der Waals surface area contributed by atoms with E-state index in [0.717, 1.165) is 24.6 Å². The Morgan fingerprint density at radius 3 is 2.95 bits per heavy atom. The third kappa shape index (κ3) is 3.78. The second kappa shape index (κ2) is 7.11. The van der Waals surface area contributed by atoms with Crippen molar-refractivity contribution in [3.63, 3.8) is 0 Å². The summed E-state index contributed by atoms with van der Waals surface area (Å²) in [4.78, 5) is 27.6. The van der Waals surface area contributed by atoms with Gasteiger partial charge in [0.2, 0.25) is 5.91 Å². The van der Waals surface area contributed by atoms with E-state index in [1.807, 2.05) is 17.5 Å². The van der Waals surface area contributed by atoms with Crippen molar-refractivity contribution in [2.75, 3.05) is 37.6 Å². The van der Waals surface area contributed by atoms with Crippen molar-refractivity contribution in [1.29, 1.82) is 0 Å². The van der Waals surface area contributed by atoms with Gasteiger partial charge in [-0.3, -0.25) is 9.69 Å². The lowest BCUT2D eigenvalue weighted by Gasteiger charge is -2.15. The van der Waals surface area contributed by atoms with Crippen LogP contribution in [0.5, 0.6) is 0 Å². The Kier molecular flexibility index (Phi) is 4.94. The fourth-order valence-electron chi connectivity index (χ4n) is 2.81. The van der Waals surface area contributed by atoms with Crippen LogP contribution in [-0.4, -0.2) is 55.7 Å². The maximum absolute atomic E-state index is 11.9. The fraction of sp³-hybridized carbons (Fsp3) is 0.600. The zero-order valence-corrected chi connectivity index (χ0v) is 13.3. The lowest BCUT2D eigenvalue weighted by molar-refractivity contribution is -0.121. The molecule has 2 aliphatic heterocycles. The molecule has 2 saturated heterocycles. The Bertz CT molecular complexity index is 514. The maximum atomic E-state index is 11.9. The third-order valence-corrected chi connectivity index (χ3v) is 4.92. The third-order valence-electron chi connectivity index (χ3n) is 4.03. The number of carbonyl (C=O) groups excluding carboxylic acids is 2. The van der Waals surface area contributed by atoms with E-state index in [4.69, 9.17) is 4.74 Å². The Morgan fingerprint density at radius 1 is 1.41 bits per heavy atom. The van der Waals surface area contributed by atoms with Crippen LogP contribution in [0.1, 0.15) is 19.3 Å². The van der Waals surface area contributed by atoms with Crippen LogP contribution in [0.25, 0.3) is 0 Å². The normalized spacial score (nSPS) is 22.1. The standard InChI is InChI=1S/C15H21N3O3S/c19-13(5-8-17-6-1-2-7-17)16-10-12-11-18(15(20)21-12)14-4-3-9-22-14/h3-4,9,12H,1-2,5-8,10-11H2,(H,16,19). The highest BCUT2D eigenvalue weighted by atomic mass is 32.1. The molecule has 7 heteroatoms. The molecule has 0 spiro atoms. The van der Waals surface area contributed by atoms with E-state index in [-0.39, 0.29) is 18.1 Å². The maximum Gasteiger partial charge on any atom is 0.415 e. The highest BCUT2D eigenvalue weighted by Crippen LogP contribution is 2.26. The van der Waals surface area contributed by atoms with Crippen LogP contribution in [0.4, 0.5) is 9.80 Å². The van der Waals surface area contributed by atoms with Gasteiger partial charge >= 0.3 is 6.09 Å². The second-order valence-corrected chi connectivity index (χ2v) is 6.60. The Balaban J connectivity index is 1.38. The molecule has 2 amide bonds. The highest BCUT2D eigenvalue weighted by Gasteiger charge is 2.32. The van der Waals surface area contributed by atoms with E-state index in [1.54, 1.807) is 4.90 Å². The summed E-state index contributed by atoms with van der Waals surface area (Å²) in [5, 5.41) is 5.68. The van der Waals surface area contributed by atoms with Gasteiger partial charge in [0.1, 0.15) is 11.1 Å². The molecule has 0 radical (unpaired) electrons. The smallest absolute Gasteiger partial charge is 0.415 e. The SMILES string of the molecule is O=C(CCN1CCCC1)NCC1CN(c2cccs2)C(=O)O1. The van der Waals surface area contributed by atoms with Gasteiger partial charge in [0.25, 0.3) is 0 Å². The van der Waals surface area contributed by atoms with Crippen LogP contribution >= 0.6 is 11.3 Å². The monoisotopic (exact) mass is 323 g/mol. The van der Waals surface area contributed by atoms with Gasteiger partial charge in [0.15, 0.2) is 0 Å². The number of anilines is 1. The van der Waals surface area contributed by atoms with Crippen molar-refractivity contribution in [3.05, 3.63) is 17.5 Å². The first-order valence-electron chi connectivity index (χ1n) is 7.73. The Hall–Kier alpha value is -1.60. The number of amides is 2. The average molecular weight is 323 g/mol. The predicted octanol–water partition coefficient (Wildman–Crippen LogP) is 1.68. The van der Waals surface area contributed by atoms with Crippen molar-refractivity contribution >= 4 is 28.3 Å². The molecule has 2 fully saturated rings. The van der Waals surface area contributed by atoms with Crippen molar-refractivity contribution < 1.29 is 14.3 Å². The summed E-state index contributed by atoms with van der Waals surface area (Å²) >= 11 is 1.50. The summed E-state index contributed by atoms with van der Waals surface area (Å²) in [7, 11) is 0. The topological polar surface area (TPSA) is 61.9 Å². The molecule has 1 aromatic heterocycles. The van der Waals surface area contributed by atoms with E-state index >= 15 is 0 Å². The molecule has 0 aromatic carbocycles. The van der Waals surface area contributed by atoms with Crippen molar-refractivity contribution in [2.45, 2.75) is 25.4 Å². The van der Waals surface area contributed by atoms with Crippen LogP contribution < -0.4 is 10.2 Å². The molecule has 3 rings (SSSR count). The summed E-state index contributed by atoms with van der Waals surface area (Å²) in [5.41, 5.74) is 0. The summed E-state index contributed by atoms with van der Waals surface area (Å²) in [5.74, 6) is 0.0255. The number of cyclic esters (lactones) is 1. The molecule has 1 atom stereocenters. The number of rotatable bonds is 6. The minimum absolute atomic E-state index is 0.0255. The molecule has 1 unspecified atom stereocenters. The molecule has 3 heterocycles. The number of carbonyl (C=O) groups is 2. The molecule has 22 heavy (non-hydrogen) atoms. The van der Waals surface area contributed by atoms with Crippen LogP contribution in [0.15, 0.2) is 17.5 Å². The lowest BCUT2D eigenvalue weighted by atomic mass is 10.3. The van der Waals surface area contributed by atoms with Crippen LogP contribution in [0.3, 0.4) is 0 Å². The molecular formula is C15H21N3O3S. The number of ether oxygens (including phenoxy) is 1. The van der Waals surface area contributed by atoms with Gasteiger partial charge in [-0.2, -0.15) is 0 Å². The van der Waals surface area contributed by atoms with Crippen LogP contribution in [0.2, 0.25) is 0 Å². The van der Waals surface area contributed by atoms with Crippen molar-refractivity contribution in [2.24, 2.45) is 0 Å². The van der Waals surface area contributed by atoms with Gasteiger partial charge in [-0.15, -0.1) is 11.3 Å². The van der Waals surface area contributed by atoms with Gasteiger partial charge in [-0.05, 0) is 43.4 Å². The van der Waals surface area contributed by atoms with Gasteiger partial charge < -0.3 is 15.0 Å². The van der Waals surface area contributed by atoms with E-state index in [0.29, 0.717) is 19.5 Å². The number of thiophene rings is 1. The number of likely N-dealkylation sites (tertiary alicyclic amines) is 1. The second-order valence-electron chi connectivity index (χ2n) is 5.67. The van der Waals surface area contributed by atoms with Crippen LogP contribution in [0, 0.1) is 0 Å². The van der Waals surface area contributed by atoms with Crippen molar-refractivity contribution in [1.82, 2.24) is 10.2 Å². The predicted molar refractivity (Wildman–Crippen MR) is 85.2 cm³/mol. The summed E-state index contributed by atoms with van der Waals surface area (Å²) < 4.78 is 5.29. The average Bonchev–Trinajstić information content (AvgIpc) is 3.24. The molecule has 1 N–H and O–H groups in total.